The van der Waals surface area contributed by atoms with Crippen molar-refractivity contribution in [3.63, 3.8) is 0 Å². The second-order valence-corrected chi connectivity index (χ2v) is 4.85. The number of hydrogen-bond donors (Lipinski definition) is 0. The molecule has 175 valence electrons. The largest absolute Gasteiger partial charge is 3.00 e. The van der Waals surface area contributed by atoms with Gasteiger partial charge in [-0.25, -0.2) is 0 Å². The minimum atomic E-state index is -4.92. The first-order valence-electron chi connectivity index (χ1n) is 6.91. The summed E-state index contributed by atoms with van der Waals surface area (Å²) in [5.74, 6) is -9.04. The molecule has 0 aliphatic rings. The van der Waals surface area contributed by atoms with Gasteiger partial charge in [0.25, 0.3) is 0 Å². The third-order valence-electron chi connectivity index (χ3n) is 1.84. The molecular weight excluding hydrogens is 685 g/mol. The second kappa shape index (κ2) is 15.0. The SMILES string of the molecule is CC(=O)/C=C(\[O-])C(F)(F)F.CC(=O)/C=C(\[O-])C(F)(F)F.CC(=O)/C=C(\[O-])C(F)(F)F.[U+3]. The average Bonchev–Trinajstić information content (AvgIpc) is 2.43. The van der Waals surface area contributed by atoms with E-state index in [1.165, 1.54) is 0 Å². The van der Waals surface area contributed by atoms with E-state index in [0.29, 0.717) is 0 Å². The predicted molar refractivity (Wildman–Crippen MR) is 74.5 cm³/mol. The standard InChI is InChI=1S/3C5H5F3O2.U/c3*1-3(9)2-4(10)5(6,7)8;/h3*2,10H,1H3;/q;;;+3/p-3/b3*4-2-;. The van der Waals surface area contributed by atoms with E-state index in [0.717, 1.165) is 20.8 Å². The van der Waals surface area contributed by atoms with Crippen molar-refractivity contribution in [1.82, 2.24) is 0 Å². The molecule has 0 atom stereocenters. The summed E-state index contributed by atoms with van der Waals surface area (Å²) in [5.41, 5.74) is 0. The summed E-state index contributed by atoms with van der Waals surface area (Å²) in [6.07, 6.45) is -14.7. The van der Waals surface area contributed by atoms with Crippen molar-refractivity contribution in [2.24, 2.45) is 0 Å². The molecule has 0 amide bonds. The van der Waals surface area contributed by atoms with Crippen molar-refractivity contribution in [3.05, 3.63) is 35.5 Å². The molecule has 0 aliphatic carbocycles. The van der Waals surface area contributed by atoms with Crippen molar-refractivity contribution in [1.29, 1.82) is 0 Å². The minimum absolute atomic E-state index is 0. The zero-order chi connectivity index (χ0) is 25.1. The van der Waals surface area contributed by atoms with Crippen LogP contribution in [-0.2, 0) is 14.4 Å². The summed E-state index contributed by atoms with van der Waals surface area (Å²) in [5, 5.41) is 29.6. The van der Waals surface area contributed by atoms with E-state index in [-0.39, 0.29) is 49.3 Å². The molecular formula is C15H12F9O6U. The Morgan fingerprint density at radius 3 is 0.677 bits per heavy atom. The number of hydrogen-bond acceptors (Lipinski definition) is 6. The van der Waals surface area contributed by atoms with Crippen LogP contribution in [0, 0.1) is 31.1 Å². The molecule has 0 spiro atoms. The van der Waals surface area contributed by atoms with E-state index in [4.69, 9.17) is 0 Å². The van der Waals surface area contributed by atoms with E-state index >= 15 is 0 Å². The summed E-state index contributed by atoms with van der Waals surface area (Å²) in [6, 6.07) is 0. The third-order valence-corrected chi connectivity index (χ3v) is 1.84. The zero-order valence-electron chi connectivity index (χ0n) is 15.6. The minimum Gasteiger partial charge on any atom is -0.869 e. The number of alkyl halides is 9. The smallest absolute Gasteiger partial charge is 0.869 e. The molecule has 0 bridgehead atoms. The van der Waals surface area contributed by atoms with Crippen LogP contribution in [0.4, 0.5) is 39.5 Å². The van der Waals surface area contributed by atoms with Crippen molar-refractivity contribution in [3.8, 4) is 0 Å². The van der Waals surface area contributed by atoms with Crippen molar-refractivity contribution in [2.45, 2.75) is 39.3 Å². The number of carbonyl (C=O) groups is 3. The molecule has 1 radical (unpaired) electrons. The predicted octanol–water partition coefficient (Wildman–Crippen LogP) is 1.15. The normalized spacial score (nSPS) is 13.0. The fourth-order valence-corrected chi connectivity index (χ4v) is 0.799. The molecule has 0 aromatic rings. The van der Waals surface area contributed by atoms with Crippen molar-refractivity contribution >= 4 is 17.3 Å². The number of carbonyl (C=O) groups excluding carboxylic acids is 3. The first-order chi connectivity index (χ1) is 13.0. The number of halogens is 9. The maximum Gasteiger partial charge on any atom is 3.00 e. The molecule has 0 unspecified atom stereocenters. The first-order valence-corrected chi connectivity index (χ1v) is 6.91. The van der Waals surface area contributed by atoms with Crippen LogP contribution in [0.3, 0.4) is 0 Å². The maximum atomic E-state index is 11.3. The first kappa shape index (κ1) is 36.4. The van der Waals surface area contributed by atoms with Gasteiger partial charge in [0.15, 0.2) is 17.3 Å². The van der Waals surface area contributed by atoms with Gasteiger partial charge in [0.05, 0.1) is 0 Å². The summed E-state index contributed by atoms with van der Waals surface area (Å²) in [7, 11) is 0. The van der Waals surface area contributed by atoms with Crippen molar-refractivity contribution in [2.75, 3.05) is 0 Å². The van der Waals surface area contributed by atoms with Crippen molar-refractivity contribution < 1.29 is 100 Å². The van der Waals surface area contributed by atoms with Gasteiger partial charge in [0, 0.05) is 0 Å². The van der Waals surface area contributed by atoms with Gasteiger partial charge in [-0.15, -0.1) is 0 Å². The monoisotopic (exact) mass is 697 g/mol. The van der Waals surface area contributed by atoms with Crippen LogP contribution in [-0.4, -0.2) is 35.9 Å². The van der Waals surface area contributed by atoms with Crippen LogP contribution in [0.25, 0.3) is 0 Å². The van der Waals surface area contributed by atoms with Gasteiger partial charge < -0.3 is 15.3 Å². The molecule has 0 heterocycles. The van der Waals surface area contributed by atoms with Crippen LogP contribution in [0.1, 0.15) is 20.8 Å². The molecule has 0 rings (SSSR count). The second-order valence-electron chi connectivity index (χ2n) is 4.85. The van der Waals surface area contributed by atoms with Gasteiger partial charge in [-0.05, 0) is 56.3 Å². The van der Waals surface area contributed by atoms with E-state index in [9.17, 15) is 69.2 Å². The molecule has 0 aromatic carbocycles. The Morgan fingerprint density at radius 2 is 0.645 bits per heavy atom. The van der Waals surface area contributed by atoms with E-state index in [1.54, 1.807) is 0 Å². The van der Waals surface area contributed by atoms with Crippen LogP contribution in [0.2, 0.25) is 0 Å². The van der Waals surface area contributed by atoms with Gasteiger partial charge >= 0.3 is 49.6 Å². The topological polar surface area (TPSA) is 120 Å². The molecule has 6 nitrogen and oxygen atoms in total. The maximum absolute atomic E-state index is 11.3. The Labute approximate surface area is 192 Å². The third kappa shape index (κ3) is 24.2. The molecule has 16 heteroatoms. The van der Waals surface area contributed by atoms with Crippen LogP contribution >= 0.6 is 0 Å². The Kier molecular flexibility index (Phi) is 17.6. The van der Waals surface area contributed by atoms with E-state index in [1.807, 2.05) is 0 Å². The zero-order valence-corrected chi connectivity index (χ0v) is 19.7. The average molecular weight is 697 g/mol. The number of rotatable bonds is 3. The molecule has 0 saturated carbocycles. The van der Waals surface area contributed by atoms with Gasteiger partial charge in [0.1, 0.15) is 0 Å². The number of ketones is 3. The summed E-state index contributed by atoms with van der Waals surface area (Å²) in [4.78, 5) is 29.8. The Balaban J connectivity index is -0.000000174. The molecule has 0 N–H and O–H groups in total. The molecule has 0 fully saturated rings. The Hall–Kier alpha value is -1.95. The quantitative estimate of drug-likeness (QED) is 0.248. The fourth-order valence-electron chi connectivity index (χ4n) is 0.799. The summed E-state index contributed by atoms with van der Waals surface area (Å²) in [6.45, 7) is 2.64. The molecule has 0 saturated heterocycles. The Morgan fingerprint density at radius 1 is 0.516 bits per heavy atom. The van der Waals surface area contributed by atoms with Crippen LogP contribution in [0.5, 0.6) is 0 Å². The summed E-state index contributed by atoms with van der Waals surface area (Å²) >= 11 is 0. The Bertz CT molecular complexity index is 606. The molecule has 0 aliphatic heterocycles. The van der Waals surface area contributed by atoms with Gasteiger partial charge in [-0.2, -0.15) is 39.5 Å². The van der Waals surface area contributed by atoms with E-state index in [2.05, 4.69) is 0 Å². The molecule has 31 heavy (non-hydrogen) atoms. The van der Waals surface area contributed by atoms with Gasteiger partial charge in [-0.1, -0.05) is 0 Å². The number of allylic oxidation sites excluding steroid dienone is 6. The van der Waals surface area contributed by atoms with Crippen LogP contribution in [0.15, 0.2) is 35.5 Å². The fraction of sp³-hybridized carbons (Fsp3) is 0.400. The van der Waals surface area contributed by atoms with Gasteiger partial charge in [0.2, 0.25) is 0 Å². The van der Waals surface area contributed by atoms with E-state index < -0.39 is 53.2 Å². The van der Waals surface area contributed by atoms with Gasteiger partial charge in [-0.3, -0.25) is 14.4 Å². The molecule has 0 aromatic heterocycles. The van der Waals surface area contributed by atoms with Crippen LogP contribution < -0.4 is 15.3 Å². The summed E-state index contributed by atoms with van der Waals surface area (Å²) < 4.78 is 101.